The molecule has 0 spiro atoms. The van der Waals surface area contributed by atoms with Gasteiger partial charge in [-0.2, -0.15) is 0 Å². The van der Waals surface area contributed by atoms with Crippen LogP contribution in [0.5, 0.6) is 0 Å². The topological polar surface area (TPSA) is 45.3 Å². The quantitative estimate of drug-likeness (QED) is 0.867. The first-order valence-corrected chi connectivity index (χ1v) is 8.52. The van der Waals surface area contributed by atoms with Gasteiger partial charge in [0, 0.05) is 41.6 Å². The van der Waals surface area contributed by atoms with Crippen molar-refractivity contribution < 1.29 is 9.53 Å². The average molecular weight is 312 g/mol. The second-order valence-electron chi connectivity index (χ2n) is 7.21. The Morgan fingerprint density at radius 3 is 2.96 bits per heavy atom. The van der Waals surface area contributed by atoms with Gasteiger partial charge in [-0.25, -0.2) is 0 Å². The molecule has 0 saturated carbocycles. The van der Waals surface area contributed by atoms with Crippen LogP contribution in [-0.2, 0) is 16.0 Å². The molecule has 23 heavy (non-hydrogen) atoms. The lowest BCUT2D eigenvalue weighted by molar-refractivity contribution is -0.148. The van der Waals surface area contributed by atoms with E-state index in [2.05, 4.69) is 48.1 Å². The number of fused-ring (bicyclic) bond motifs is 2. The van der Waals surface area contributed by atoms with Gasteiger partial charge in [-0.05, 0) is 43.9 Å². The van der Waals surface area contributed by atoms with Gasteiger partial charge < -0.3 is 9.72 Å². The summed E-state index contributed by atoms with van der Waals surface area (Å²) >= 11 is 0. The number of aromatic nitrogens is 1. The Balaban J connectivity index is 1.80. The minimum absolute atomic E-state index is 0.0283. The van der Waals surface area contributed by atoms with Crippen LogP contribution >= 0.6 is 0 Å². The van der Waals surface area contributed by atoms with Crippen LogP contribution in [0.2, 0.25) is 0 Å². The first-order chi connectivity index (χ1) is 11.1. The largest absolute Gasteiger partial charge is 0.469 e. The molecule has 0 radical (unpaired) electrons. The van der Waals surface area contributed by atoms with Crippen molar-refractivity contribution in [1.29, 1.82) is 0 Å². The highest BCUT2D eigenvalue weighted by atomic mass is 16.5. The van der Waals surface area contributed by atoms with Crippen molar-refractivity contribution >= 4 is 16.9 Å². The smallest absolute Gasteiger partial charge is 0.309 e. The highest BCUT2D eigenvalue weighted by molar-refractivity contribution is 5.88. The molecule has 2 heterocycles. The fraction of sp³-hybridized carbons (Fsp3) is 0.526. The zero-order chi connectivity index (χ0) is 16.1. The van der Waals surface area contributed by atoms with Crippen molar-refractivity contribution in [2.75, 3.05) is 13.7 Å². The van der Waals surface area contributed by atoms with Gasteiger partial charge >= 0.3 is 5.97 Å². The fourth-order valence-electron chi connectivity index (χ4n) is 4.67. The van der Waals surface area contributed by atoms with Crippen molar-refractivity contribution in [2.45, 2.75) is 44.7 Å². The maximum atomic E-state index is 12.2. The molecule has 4 rings (SSSR count). The molecule has 1 aromatic heterocycles. The van der Waals surface area contributed by atoms with E-state index in [1.54, 1.807) is 0 Å². The van der Waals surface area contributed by atoms with E-state index in [1.165, 1.54) is 29.1 Å². The third kappa shape index (κ3) is 2.19. The monoisotopic (exact) mass is 312 g/mol. The molecule has 1 fully saturated rings. The molecule has 1 saturated heterocycles. The number of hydrogen-bond acceptors (Lipinski definition) is 3. The average Bonchev–Trinajstić information content (AvgIpc) is 2.98. The normalized spacial score (nSPS) is 27.2. The van der Waals surface area contributed by atoms with Gasteiger partial charge in [0.2, 0.25) is 0 Å². The molecular weight excluding hydrogens is 288 g/mol. The Kier molecular flexibility index (Phi) is 3.45. The van der Waals surface area contributed by atoms with Crippen molar-refractivity contribution in [1.82, 2.24) is 9.88 Å². The van der Waals surface area contributed by atoms with E-state index in [0.717, 1.165) is 19.4 Å². The fourth-order valence-corrected chi connectivity index (χ4v) is 4.67. The number of H-pyrrole nitrogens is 1. The number of carbonyl (C=O) groups is 1. The van der Waals surface area contributed by atoms with Crippen LogP contribution in [0.3, 0.4) is 0 Å². The number of likely N-dealkylation sites (tertiary alicyclic amines) is 1. The van der Waals surface area contributed by atoms with Gasteiger partial charge in [0.1, 0.15) is 0 Å². The Bertz CT molecular complexity index is 749. The number of nitrogens with zero attached hydrogens (tertiary/aromatic N) is 1. The summed E-state index contributed by atoms with van der Waals surface area (Å²) in [6, 6.07) is 7.42. The number of ether oxygens (including phenoxy) is 1. The number of carbonyl (C=O) groups excluding carboxylic acids is 1. The molecule has 1 N–H and O–H groups in total. The number of piperidine rings is 1. The molecular formula is C19H24N2O2. The minimum Gasteiger partial charge on any atom is -0.469 e. The van der Waals surface area contributed by atoms with Crippen LogP contribution in [0.25, 0.3) is 10.9 Å². The van der Waals surface area contributed by atoms with Crippen LogP contribution in [0, 0.1) is 5.92 Å². The summed E-state index contributed by atoms with van der Waals surface area (Å²) in [4.78, 5) is 18.1. The molecule has 1 aliphatic carbocycles. The van der Waals surface area contributed by atoms with E-state index >= 15 is 0 Å². The Morgan fingerprint density at radius 1 is 1.39 bits per heavy atom. The summed E-state index contributed by atoms with van der Waals surface area (Å²) < 4.78 is 5.05. The molecule has 3 atom stereocenters. The first-order valence-electron chi connectivity index (χ1n) is 8.52. The van der Waals surface area contributed by atoms with Crippen LogP contribution < -0.4 is 0 Å². The molecule has 4 heteroatoms. The summed E-state index contributed by atoms with van der Waals surface area (Å²) in [5.41, 5.74) is 4.03. The van der Waals surface area contributed by atoms with Crippen LogP contribution in [0.15, 0.2) is 24.4 Å². The van der Waals surface area contributed by atoms with Gasteiger partial charge in [0.25, 0.3) is 0 Å². The zero-order valence-corrected chi connectivity index (χ0v) is 14.0. The second-order valence-corrected chi connectivity index (χ2v) is 7.21. The van der Waals surface area contributed by atoms with Crippen molar-refractivity contribution in [3.05, 3.63) is 35.5 Å². The lowest BCUT2D eigenvalue weighted by Crippen LogP contribution is -2.54. The molecule has 2 aromatic rings. The maximum Gasteiger partial charge on any atom is 0.309 e. The lowest BCUT2D eigenvalue weighted by Gasteiger charge is -2.48. The summed E-state index contributed by atoms with van der Waals surface area (Å²) in [6.07, 6.45) is 4.12. The number of methoxy groups -OCH3 is 1. The summed E-state index contributed by atoms with van der Waals surface area (Å²) in [5.74, 6) is 0.308. The predicted molar refractivity (Wildman–Crippen MR) is 90.5 cm³/mol. The van der Waals surface area contributed by atoms with Crippen molar-refractivity contribution in [2.24, 2.45) is 5.92 Å². The molecule has 4 nitrogen and oxygen atoms in total. The number of benzene rings is 1. The SMILES string of the molecule is COC(=O)C1C[C@@H]2c3cccc4[nH]cc(c34)C[C@H]2N(C(C)C)C1. The van der Waals surface area contributed by atoms with E-state index in [9.17, 15) is 4.79 Å². The highest BCUT2D eigenvalue weighted by Gasteiger charge is 2.43. The van der Waals surface area contributed by atoms with E-state index in [1.807, 2.05) is 0 Å². The predicted octanol–water partition coefficient (Wildman–Crippen LogP) is 3.08. The van der Waals surface area contributed by atoms with Crippen LogP contribution in [0.1, 0.15) is 37.3 Å². The first kappa shape index (κ1) is 14.8. The summed E-state index contributed by atoms with van der Waals surface area (Å²) in [5, 5.41) is 1.38. The van der Waals surface area contributed by atoms with Crippen molar-refractivity contribution in [3.63, 3.8) is 0 Å². The maximum absolute atomic E-state index is 12.2. The minimum atomic E-state index is -0.0684. The lowest BCUT2D eigenvalue weighted by atomic mass is 9.72. The Hall–Kier alpha value is -1.81. The number of rotatable bonds is 2. The molecule has 122 valence electrons. The number of esters is 1. The van der Waals surface area contributed by atoms with E-state index in [0.29, 0.717) is 18.0 Å². The third-order valence-corrected chi connectivity index (χ3v) is 5.71. The standard InChI is InChI=1S/C19H24N2O2/c1-11(2)21-10-13(19(22)23-3)7-15-14-5-4-6-16-18(14)12(9-20-16)8-17(15)21/h4-6,9,11,13,15,17,20H,7-8,10H2,1-3H3/t13?,15-,17-/m1/s1. The number of hydrogen-bond donors (Lipinski definition) is 1. The van der Waals surface area contributed by atoms with E-state index in [4.69, 9.17) is 4.74 Å². The van der Waals surface area contributed by atoms with Gasteiger partial charge in [0.15, 0.2) is 0 Å². The highest BCUT2D eigenvalue weighted by Crippen LogP contribution is 2.45. The summed E-state index contributed by atoms with van der Waals surface area (Å²) in [7, 11) is 1.50. The molecule has 0 bridgehead atoms. The molecule has 1 aliphatic heterocycles. The molecule has 1 unspecified atom stereocenters. The van der Waals surface area contributed by atoms with E-state index in [-0.39, 0.29) is 11.9 Å². The second kappa shape index (κ2) is 5.38. The number of nitrogens with one attached hydrogen (secondary N) is 1. The van der Waals surface area contributed by atoms with Gasteiger partial charge in [-0.15, -0.1) is 0 Å². The molecule has 0 amide bonds. The van der Waals surface area contributed by atoms with Crippen molar-refractivity contribution in [3.8, 4) is 0 Å². The molecule has 1 aromatic carbocycles. The third-order valence-electron chi connectivity index (χ3n) is 5.71. The summed E-state index contributed by atoms with van der Waals surface area (Å²) in [6.45, 7) is 5.26. The number of aromatic amines is 1. The Morgan fingerprint density at radius 2 is 2.22 bits per heavy atom. The van der Waals surface area contributed by atoms with Crippen LogP contribution in [-0.4, -0.2) is 41.6 Å². The van der Waals surface area contributed by atoms with Gasteiger partial charge in [0.05, 0.1) is 13.0 Å². The van der Waals surface area contributed by atoms with Crippen LogP contribution in [0.4, 0.5) is 0 Å². The molecule has 2 aliphatic rings. The van der Waals surface area contributed by atoms with E-state index < -0.39 is 0 Å². The Labute approximate surface area is 136 Å². The van der Waals surface area contributed by atoms with Gasteiger partial charge in [-0.3, -0.25) is 9.69 Å². The zero-order valence-electron chi connectivity index (χ0n) is 14.0. The van der Waals surface area contributed by atoms with Gasteiger partial charge in [-0.1, -0.05) is 12.1 Å².